The Hall–Kier alpha value is -0.690. The smallest absolute Gasteiger partial charge is 0.243 e. The lowest BCUT2D eigenvalue weighted by Gasteiger charge is -2.18. The lowest BCUT2D eigenvalue weighted by atomic mass is 10.1. The highest BCUT2D eigenvalue weighted by atomic mass is 79.9. The molecule has 0 aliphatic heterocycles. The van der Waals surface area contributed by atoms with Crippen molar-refractivity contribution in [3.63, 3.8) is 0 Å². The zero-order valence-corrected chi connectivity index (χ0v) is 13.8. The largest absolute Gasteiger partial charge is 0.316 e. The molecule has 0 spiro atoms. The second kappa shape index (κ2) is 6.65. The molecular formula is C13H19BrN2O2S. The highest BCUT2D eigenvalue weighted by Crippen LogP contribution is 2.27. The molecule has 0 aromatic heterocycles. The van der Waals surface area contributed by atoms with E-state index >= 15 is 0 Å². The molecule has 0 amide bonds. The predicted molar refractivity (Wildman–Crippen MR) is 81.7 cm³/mol. The predicted octanol–water partition coefficient (Wildman–Crippen LogP) is 2.28. The third kappa shape index (κ3) is 3.66. The fourth-order valence-corrected chi connectivity index (χ4v) is 3.80. The van der Waals surface area contributed by atoms with E-state index in [1.165, 1.54) is 4.31 Å². The first-order valence-electron chi connectivity index (χ1n) is 5.85. The van der Waals surface area contributed by atoms with Crippen molar-refractivity contribution in [1.82, 2.24) is 9.62 Å². The summed E-state index contributed by atoms with van der Waals surface area (Å²) in [6.45, 7) is 6.27. The van der Waals surface area contributed by atoms with E-state index in [9.17, 15) is 8.42 Å². The van der Waals surface area contributed by atoms with E-state index in [1.54, 1.807) is 26.1 Å². The number of rotatable bonds is 6. The van der Waals surface area contributed by atoms with E-state index in [0.29, 0.717) is 11.4 Å². The van der Waals surface area contributed by atoms with E-state index in [4.69, 9.17) is 0 Å². The van der Waals surface area contributed by atoms with Crippen molar-refractivity contribution in [2.75, 3.05) is 20.6 Å². The number of halogens is 1. The maximum absolute atomic E-state index is 12.5. The molecule has 4 nitrogen and oxygen atoms in total. The van der Waals surface area contributed by atoms with Gasteiger partial charge >= 0.3 is 0 Å². The molecule has 106 valence electrons. The van der Waals surface area contributed by atoms with Crippen LogP contribution in [0.3, 0.4) is 0 Å². The zero-order chi connectivity index (χ0) is 14.6. The second-order valence-electron chi connectivity index (χ2n) is 4.31. The van der Waals surface area contributed by atoms with Crippen LogP contribution < -0.4 is 5.32 Å². The maximum atomic E-state index is 12.5. The Morgan fingerprint density at radius 3 is 2.63 bits per heavy atom. The van der Waals surface area contributed by atoms with Gasteiger partial charge < -0.3 is 5.32 Å². The van der Waals surface area contributed by atoms with Crippen LogP contribution in [0, 0.1) is 6.92 Å². The van der Waals surface area contributed by atoms with Gasteiger partial charge in [0.2, 0.25) is 10.0 Å². The van der Waals surface area contributed by atoms with Crippen LogP contribution in [0.4, 0.5) is 0 Å². The summed E-state index contributed by atoms with van der Waals surface area (Å²) in [4.78, 5) is 0.330. The van der Waals surface area contributed by atoms with Crippen LogP contribution in [0.15, 0.2) is 34.2 Å². The molecule has 1 N–H and O–H groups in total. The minimum atomic E-state index is -3.49. The first kappa shape index (κ1) is 16.4. The molecule has 0 aliphatic rings. The van der Waals surface area contributed by atoms with Gasteiger partial charge in [-0.2, -0.15) is 4.31 Å². The van der Waals surface area contributed by atoms with Crippen molar-refractivity contribution >= 4 is 26.0 Å². The van der Waals surface area contributed by atoms with Gasteiger partial charge in [0.05, 0.1) is 4.90 Å². The number of nitrogens with zero attached hydrogens (tertiary/aromatic N) is 1. The number of nitrogens with one attached hydrogen (secondary N) is 1. The molecule has 1 aromatic carbocycles. The van der Waals surface area contributed by atoms with Crippen LogP contribution in [0.2, 0.25) is 0 Å². The topological polar surface area (TPSA) is 49.4 Å². The zero-order valence-electron chi connectivity index (χ0n) is 11.4. The molecule has 6 heteroatoms. The molecule has 1 rings (SSSR count). The Labute approximate surface area is 123 Å². The van der Waals surface area contributed by atoms with E-state index in [1.807, 2.05) is 13.1 Å². The number of likely N-dealkylation sites (N-methyl/N-ethyl adjacent to an activating group) is 1. The molecule has 0 atom stereocenters. The molecule has 0 saturated carbocycles. The van der Waals surface area contributed by atoms with E-state index in [-0.39, 0.29) is 6.54 Å². The van der Waals surface area contributed by atoms with E-state index in [0.717, 1.165) is 15.6 Å². The Morgan fingerprint density at radius 1 is 1.47 bits per heavy atom. The summed E-state index contributed by atoms with van der Waals surface area (Å²) in [5.74, 6) is 0. The van der Waals surface area contributed by atoms with Crippen molar-refractivity contribution in [3.05, 3.63) is 40.4 Å². The van der Waals surface area contributed by atoms with Gasteiger partial charge in [0.15, 0.2) is 0 Å². The quantitative estimate of drug-likeness (QED) is 0.804. The van der Waals surface area contributed by atoms with Gasteiger partial charge in [-0.05, 0) is 37.2 Å². The minimum Gasteiger partial charge on any atom is -0.316 e. The molecule has 0 saturated heterocycles. The third-order valence-electron chi connectivity index (χ3n) is 2.81. The first-order chi connectivity index (χ1) is 8.84. The van der Waals surface area contributed by atoms with Crippen molar-refractivity contribution in [2.24, 2.45) is 0 Å². The first-order valence-corrected chi connectivity index (χ1v) is 8.08. The van der Waals surface area contributed by atoms with Crippen LogP contribution in [0.1, 0.15) is 11.1 Å². The average Bonchev–Trinajstić information content (AvgIpc) is 2.34. The minimum absolute atomic E-state index is 0.287. The monoisotopic (exact) mass is 346 g/mol. The van der Waals surface area contributed by atoms with E-state index in [2.05, 4.69) is 27.8 Å². The molecule has 0 radical (unpaired) electrons. The number of sulfonamides is 1. The summed E-state index contributed by atoms with van der Waals surface area (Å²) < 4.78 is 27.1. The average molecular weight is 347 g/mol. The van der Waals surface area contributed by atoms with Gasteiger partial charge in [-0.3, -0.25) is 0 Å². The normalized spacial score (nSPS) is 11.8. The van der Waals surface area contributed by atoms with Crippen molar-refractivity contribution in [2.45, 2.75) is 18.4 Å². The van der Waals surface area contributed by atoms with Gasteiger partial charge in [-0.25, -0.2) is 8.42 Å². The molecule has 0 fully saturated rings. The van der Waals surface area contributed by atoms with Crippen molar-refractivity contribution in [1.29, 1.82) is 0 Å². The van der Waals surface area contributed by atoms with Crippen LogP contribution in [0.25, 0.3) is 0 Å². The molecular weight excluding hydrogens is 328 g/mol. The number of hydrogen-bond acceptors (Lipinski definition) is 3. The number of hydrogen-bond donors (Lipinski definition) is 1. The Bertz CT molecular complexity index is 570. The highest BCUT2D eigenvalue weighted by molar-refractivity contribution is 9.10. The van der Waals surface area contributed by atoms with Crippen LogP contribution >= 0.6 is 15.9 Å². The van der Waals surface area contributed by atoms with Crippen molar-refractivity contribution < 1.29 is 8.42 Å². The summed E-state index contributed by atoms with van der Waals surface area (Å²) in [6.07, 6.45) is 1.57. The Kier molecular flexibility index (Phi) is 5.73. The van der Waals surface area contributed by atoms with Gasteiger partial charge in [-0.15, -0.1) is 6.58 Å². The Morgan fingerprint density at radius 2 is 2.11 bits per heavy atom. The third-order valence-corrected chi connectivity index (χ3v) is 5.59. The fourth-order valence-electron chi connectivity index (χ4n) is 1.73. The summed E-state index contributed by atoms with van der Waals surface area (Å²) in [5.41, 5.74) is 1.64. The van der Waals surface area contributed by atoms with Gasteiger partial charge in [0.1, 0.15) is 0 Å². The van der Waals surface area contributed by atoms with Crippen LogP contribution in [-0.2, 0) is 16.6 Å². The van der Waals surface area contributed by atoms with Crippen LogP contribution in [0.5, 0.6) is 0 Å². The lowest BCUT2D eigenvalue weighted by Crippen LogP contribution is -2.28. The summed E-state index contributed by atoms with van der Waals surface area (Å²) in [6, 6.07) is 3.64. The SMILES string of the molecule is C=CCN(C)S(=O)(=O)c1cc(CNC)cc(Br)c1C. The molecule has 19 heavy (non-hydrogen) atoms. The molecule has 0 aliphatic carbocycles. The van der Waals surface area contributed by atoms with Gasteiger partial charge in [0.25, 0.3) is 0 Å². The standard InChI is InChI=1S/C13H19BrN2O2S/c1-5-6-16(4)19(17,18)13-8-11(9-15-3)7-12(14)10(13)2/h5,7-8,15H,1,6,9H2,2-4H3. The molecule has 0 bridgehead atoms. The second-order valence-corrected chi connectivity index (χ2v) is 7.17. The molecule has 0 unspecified atom stereocenters. The highest BCUT2D eigenvalue weighted by Gasteiger charge is 2.23. The summed E-state index contributed by atoms with van der Waals surface area (Å²) in [5, 5.41) is 3.02. The van der Waals surface area contributed by atoms with Gasteiger partial charge in [0, 0.05) is 24.6 Å². The van der Waals surface area contributed by atoms with Crippen molar-refractivity contribution in [3.8, 4) is 0 Å². The summed E-state index contributed by atoms with van der Waals surface area (Å²) >= 11 is 3.42. The Balaban J connectivity index is 3.36. The summed E-state index contributed by atoms with van der Waals surface area (Å²) in [7, 11) is -0.115. The molecule has 0 heterocycles. The lowest BCUT2D eigenvalue weighted by molar-refractivity contribution is 0.498. The fraction of sp³-hybridized carbons (Fsp3) is 0.385. The maximum Gasteiger partial charge on any atom is 0.243 e. The van der Waals surface area contributed by atoms with Gasteiger partial charge in [-0.1, -0.05) is 22.0 Å². The van der Waals surface area contributed by atoms with Crippen LogP contribution in [-0.4, -0.2) is 33.4 Å². The van der Waals surface area contributed by atoms with E-state index < -0.39 is 10.0 Å². The molecule has 1 aromatic rings. The number of benzene rings is 1.